The van der Waals surface area contributed by atoms with Crippen LogP contribution in [0.4, 0.5) is 18.9 Å². The fourth-order valence-electron chi connectivity index (χ4n) is 5.72. The first-order valence-corrected chi connectivity index (χ1v) is 14.9. The van der Waals surface area contributed by atoms with E-state index in [1.165, 1.54) is 6.07 Å². The Hall–Kier alpha value is -2.18. The van der Waals surface area contributed by atoms with Gasteiger partial charge in [-0.25, -0.2) is 4.79 Å². The number of carbonyl (C=O) groups is 2. The summed E-state index contributed by atoms with van der Waals surface area (Å²) in [5.74, 6) is 0.290. The highest BCUT2D eigenvalue weighted by Crippen LogP contribution is 2.42. The van der Waals surface area contributed by atoms with Crippen molar-refractivity contribution >= 4 is 37.2 Å². The van der Waals surface area contributed by atoms with Crippen molar-refractivity contribution in [3.8, 4) is 17.2 Å². The number of nitrogens with zero attached hydrogens (tertiary/aromatic N) is 1. The van der Waals surface area contributed by atoms with Gasteiger partial charge < -0.3 is 9.84 Å². The maximum Gasteiger partial charge on any atom is 0.573 e. The SMILES string of the molecule is CC(C)[Si](C#CC(=O)N(c1ccc(OC(F)(F)F)c(Cl)c1)C1(C(=O)O)CCCCC1)(C(C)C)C(C)C. The van der Waals surface area contributed by atoms with Crippen LogP contribution in [0.15, 0.2) is 18.2 Å². The number of alkyl halides is 3. The van der Waals surface area contributed by atoms with Crippen molar-refractivity contribution in [1.29, 1.82) is 0 Å². The summed E-state index contributed by atoms with van der Waals surface area (Å²) in [4.78, 5) is 27.5. The molecule has 36 heavy (non-hydrogen) atoms. The van der Waals surface area contributed by atoms with Crippen molar-refractivity contribution in [2.45, 2.75) is 102 Å². The highest BCUT2D eigenvalue weighted by Gasteiger charge is 2.49. The Balaban J connectivity index is 2.69. The predicted molar refractivity (Wildman–Crippen MR) is 138 cm³/mol. The molecule has 1 aromatic carbocycles. The fourth-order valence-corrected chi connectivity index (χ4v) is 11.1. The van der Waals surface area contributed by atoms with Gasteiger partial charge >= 0.3 is 18.2 Å². The predicted octanol–water partition coefficient (Wildman–Crippen LogP) is 7.58. The molecular weight excluding hydrogens is 511 g/mol. The minimum absolute atomic E-state index is 0.0732. The highest BCUT2D eigenvalue weighted by atomic mass is 35.5. The minimum atomic E-state index is -4.95. The van der Waals surface area contributed by atoms with Crippen LogP contribution < -0.4 is 9.64 Å². The van der Waals surface area contributed by atoms with E-state index in [0.717, 1.165) is 23.5 Å². The number of benzene rings is 1. The molecule has 1 amide bonds. The van der Waals surface area contributed by atoms with Crippen LogP contribution in [0.5, 0.6) is 5.75 Å². The fraction of sp³-hybridized carbons (Fsp3) is 0.615. The zero-order valence-corrected chi connectivity index (χ0v) is 23.4. The van der Waals surface area contributed by atoms with Crippen LogP contribution in [0.1, 0.15) is 73.6 Å². The number of anilines is 1. The lowest BCUT2D eigenvalue weighted by Gasteiger charge is -2.42. The normalized spacial score (nSPS) is 16.0. The van der Waals surface area contributed by atoms with Gasteiger partial charge in [0.15, 0.2) is 0 Å². The summed E-state index contributed by atoms with van der Waals surface area (Å²) < 4.78 is 42.2. The van der Waals surface area contributed by atoms with Gasteiger partial charge in [-0.15, -0.1) is 18.7 Å². The third kappa shape index (κ3) is 6.20. The third-order valence-electron chi connectivity index (χ3n) is 7.36. The Bertz CT molecular complexity index is 1000. The van der Waals surface area contributed by atoms with E-state index in [0.29, 0.717) is 12.8 Å². The Morgan fingerprint density at radius 1 is 1.06 bits per heavy atom. The topological polar surface area (TPSA) is 66.8 Å². The Labute approximate surface area is 217 Å². The van der Waals surface area contributed by atoms with Crippen LogP contribution in [0.2, 0.25) is 21.6 Å². The van der Waals surface area contributed by atoms with Crippen LogP contribution in [0, 0.1) is 11.5 Å². The van der Waals surface area contributed by atoms with Crippen molar-refractivity contribution in [3.63, 3.8) is 0 Å². The summed E-state index contributed by atoms with van der Waals surface area (Å²) in [7, 11) is -2.31. The van der Waals surface area contributed by atoms with Gasteiger partial charge in [-0.1, -0.05) is 72.4 Å². The second kappa shape index (κ2) is 11.5. The zero-order valence-electron chi connectivity index (χ0n) is 21.6. The van der Waals surface area contributed by atoms with E-state index >= 15 is 0 Å². The second-order valence-corrected chi connectivity index (χ2v) is 16.3. The number of amides is 1. The van der Waals surface area contributed by atoms with E-state index in [1.807, 2.05) is 0 Å². The largest absolute Gasteiger partial charge is 0.573 e. The lowest BCUT2D eigenvalue weighted by Crippen LogP contribution is -2.58. The minimum Gasteiger partial charge on any atom is -0.479 e. The Morgan fingerprint density at radius 2 is 1.58 bits per heavy atom. The van der Waals surface area contributed by atoms with Gasteiger partial charge in [0.2, 0.25) is 0 Å². The number of hydrogen-bond donors (Lipinski definition) is 1. The number of carbonyl (C=O) groups excluding carboxylic acids is 1. The molecule has 0 saturated heterocycles. The molecular formula is C26H35ClF3NO4Si. The summed E-state index contributed by atoms with van der Waals surface area (Å²) >= 11 is 6.08. The molecule has 0 unspecified atom stereocenters. The lowest BCUT2D eigenvalue weighted by atomic mass is 9.79. The average Bonchev–Trinajstić information content (AvgIpc) is 2.75. The molecule has 0 bridgehead atoms. The molecule has 1 aliphatic carbocycles. The van der Waals surface area contributed by atoms with E-state index in [-0.39, 0.29) is 40.2 Å². The van der Waals surface area contributed by atoms with Gasteiger partial charge in [0.1, 0.15) is 19.4 Å². The first-order chi connectivity index (χ1) is 16.6. The second-order valence-electron chi connectivity index (χ2n) is 10.3. The summed E-state index contributed by atoms with van der Waals surface area (Å²) in [6, 6.07) is 3.36. The molecule has 10 heteroatoms. The summed E-state index contributed by atoms with van der Waals surface area (Å²) in [5, 5.41) is 9.91. The van der Waals surface area contributed by atoms with Crippen LogP contribution in [-0.2, 0) is 9.59 Å². The van der Waals surface area contributed by atoms with Gasteiger partial charge in [0.05, 0.1) is 5.02 Å². The number of carboxylic acids is 1. The van der Waals surface area contributed by atoms with Crippen molar-refractivity contribution in [1.82, 2.24) is 0 Å². The van der Waals surface area contributed by atoms with E-state index in [1.54, 1.807) is 0 Å². The third-order valence-corrected chi connectivity index (χ3v) is 13.9. The van der Waals surface area contributed by atoms with Crippen molar-refractivity contribution in [2.75, 3.05) is 4.90 Å². The molecule has 0 radical (unpaired) electrons. The number of aliphatic carboxylic acids is 1. The number of ether oxygens (including phenoxy) is 1. The maximum atomic E-state index is 13.7. The monoisotopic (exact) mass is 545 g/mol. The van der Waals surface area contributed by atoms with E-state index in [9.17, 15) is 27.9 Å². The zero-order chi connectivity index (χ0) is 27.5. The van der Waals surface area contributed by atoms with Crippen LogP contribution in [0.3, 0.4) is 0 Å². The van der Waals surface area contributed by atoms with Crippen molar-refractivity contribution < 1.29 is 32.6 Å². The quantitative estimate of drug-likeness (QED) is 0.283. The molecule has 0 aliphatic heterocycles. The first-order valence-electron chi connectivity index (χ1n) is 12.2. The Morgan fingerprint density at radius 3 is 2.00 bits per heavy atom. The van der Waals surface area contributed by atoms with Crippen molar-refractivity contribution in [3.05, 3.63) is 23.2 Å². The molecule has 0 atom stereocenters. The molecule has 0 aromatic heterocycles. The molecule has 200 valence electrons. The van der Waals surface area contributed by atoms with E-state index in [2.05, 4.69) is 57.7 Å². The number of halogens is 4. The van der Waals surface area contributed by atoms with Gasteiger partial charge in [-0.05, 0) is 53.6 Å². The lowest BCUT2D eigenvalue weighted by molar-refractivity contribution is -0.274. The van der Waals surface area contributed by atoms with Crippen molar-refractivity contribution in [2.24, 2.45) is 0 Å². The maximum absolute atomic E-state index is 13.7. The van der Waals surface area contributed by atoms with Crippen LogP contribution in [0.25, 0.3) is 0 Å². The van der Waals surface area contributed by atoms with Crippen LogP contribution in [-0.4, -0.2) is 37.0 Å². The molecule has 1 N–H and O–H groups in total. The number of carboxylic acid groups (broad SMARTS) is 1. The molecule has 1 saturated carbocycles. The summed E-state index contributed by atoms with van der Waals surface area (Å²) in [5.41, 5.74) is 2.59. The highest BCUT2D eigenvalue weighted by molar-refractivity contribution is 6.90. The standard InChI is InChI=1S/C26H35ClF3NO4Si/c1-17(2)36(18(3)4,19(5)6)15-12-23(32)31(25(24(33)34)13-8-7-9-14-25)20-10-11-22(21(27)16-20)35-26(28,29)30/h10-11,16-19H,7-9,13-14H2,1-6H3,(H,33,34). The molecule has 2 rings (SSSR count). The Kier molecular flexibility index (Phi) is 9.57. The molecule has 0 heterocycles. The summed E-state index contributed by atoms with van der Waals surface area (Å²) in [6.07, 6.45) is -2.53. The van der Waals surface area contributed by atoms with E-state index < -0.39 is 37.6 Å². The van der Waals surface area contributed by atoms with E-state index in [4.69, 9.17) is 11.6 Å². The summed E-state index contributed by atoms with van der Waals surface area (Å²) in [6.45, 7) is 12.6. The molecule has 5 nitrogen and oxygen atoms in total. The number of hydrogen-bond acceptors (Lipinski definition) is 3. The van der Waals surface area contributed by atoms with Gasteiger partial charge in [0.25, 0.3) is 0 Å². The molecule has 0 spiro atoms. The first kappa shape index (κ1) is 30.0. The van der Waals surface area contributed by atoms with Gasteiger partial charge in [-0.2, -0.15) is 0 Å². The molecule has 1 aliphatic rings. The average molecular weight is 546 g/mol. The molecule has 1 aromatic rings. The van der Waals surface area contributed by atoms with Gasteiger partial charge in [0, 0.05) is 5.69 Å². The van der Waals surface area contributed by atoms with Gasteiger partial charge in [-0.3, -0.25) is 9.69 Å². The smallest absolute Gasteiger partial charge is 0.479 e. The number of rotatable bonds is 7. The van der Waals surface area contributed by atoms with Crippen LogP contribution >= 0.6 is 11.6 Å². The molecule has 1 fully saturated rings.